The maximum absolute atomic E-state index is 12.7. The summed E-state index contributed by atoms with van der Waals surface area (Å²) in [6.45, 7) is 1.53. The monoisotopic (exact) mass is 463 g/mol. The summed E-state index contributed by atoms with van der Waals surface area (Å²) in [4.78, 5) is 5.72. The number of aliphatic hydroxyl groups is 1. The number of thiazole rings is 1. The number of nitrogens with zero attached hydrogens (tertiary/aromatic N) is 3. The Morgan fingerprint density at radius 2 is 1.70 bits per heavy atom. The maximum atomic E-state index is 12.7. The number of sulfonamides is 1. The molecule has 2 aromatic carbocycles. The van der Waals surface area contributed by atoms with Gasteiger partial charge >= 0.3 is 0 Å². The summed E-state index contributed by atoms with van der Waals surface area (Å²) >= 11 is 7.41. The van der Waals surface area contributed by atoms with Crippen LogP contribution in [-0.4, -0.2) is 42.1 Å². The first kappa shape index (κ1) is 21.3. The van der Waals surface area contributed by atoms with Crippen LogP contribution in [0.25, 0.3) is 11.3 Å². The van der Waals surface area contributed by atoms with Gasteiger partial charge in [0.1, 0.15) is 0 Å². The Bertz CT molecular complexity index is 1180. The molecule has 0 aliphatic carbocycles. The van der Waals surface area contributed by atoms with E-state index >= 15 is 0 Å². The molecule has 1 N–H and O–H groups in total. The van der Waals surface area contributed by atoms with Crippen LogP contribution in [0.15, 0.2) is 63.8 Å². The second-order valence-electron chi connectivity index (χ2n) is 7.00. The van der Waals surface area contributed by atoms with Crippen molar-refractivity contribution in [1.82, 2.24) is 8.87 Å². The molecule has 4 rings (SSSR count). The molecular weight excluding hydrogens is 442 g/mol. The number of hydrogen-bond donors (Lipinski definition) is 1. The van der Waals surface area contributed by atoms with E-state index in [1.54, 1.807) is 28.6 Å². The predicted molar refractivity (Wildman–Crippen MR) is 119 cm³/mol. The van der Waals surface area contributed by atoms with Crippen LogP contribution in [0.4, 0.5) is 5.69 Å². The van der Waals surface area contributed by atoms with Crippen LogP contribution in [-0.2, 0) is 16.6 Å². The third-order valence-electron chi connectivity index (χ3n) is 5.03. The quantitative estimate of drug-likeness (QED) is 0.602. The number of halogens is 1. The van der Waals surface area contributed by atoms with E-state index in [1.807, 2.05) is 34.2 Å². The number of hydrogen-bond acceptors (Lipinski definition) is 5. The summed E-state index contributed by atoms with van der Waals surface area (Å²) in [5.41, 5.74) is 2.52. The second kappa shape index (κ2) is 9.03. The van der Waals surface area contributed by atoms with Gasteiger partial charge in [0, 0.05) is 30.0 Å². The zero-order valence-corrected chi connectivity index (χ0v) is 18.6. The highest BCUT2D eigenvalue weighted by Gasteiger charge is 2.27. The Labute approximate surface area is 184 Å². The Hall–Kier alpha value is -1.97. The van der Waals surface area contributed by atoms with Crippen LogP contribution in [0.3, 0.4) is 0 Å². The zero-order chi connectivity index (χ0) is 21.1. The fourth-order valence-corrected chi connectivity index (χ4v) is 6.07. The molecule has 0 spiro atoms. The van der Waals surface area contributed by atoms with E-state index in [-0.39, 0.29) is 6.61 Å². The lowest BCUT2D eigenvalue weighted by Crippen LogP contribution is -2.27. The maximum Gasteiger partial charge on any atom is 0.243 e. The molecule has 1 fully saturated rings. The van der Waals surface area contributed by atoms with Gasteiger partial charge in [-0.3, -0.25) is 0 Å². The van der Waals surface area contributed by atoms with E-state index in [2.05, 4.69) is 4.99 Å². The number of aliphatic hydroxyl groups excluding tert-OH is 1. The first-order valence-corrected chi connectivity index (χ1v) is 12.4. The van der Waals surface area contributed by atoms with Crippen LogP contribution in [0.1, 0.15) is 12.8 Å². The summed E-state index contributed by atoms with van der Waals surface area (Å²) in [6, 6.07) is 14.2. The van der Waals surface area contributed by atoms with E-state index in [4.69, 9.17) is 11.6 Å². The van der Waals surface area contributed by atoms with Crippen molar-refractivity contribution in [1.29, 1.82) is 0 Å². The number of aromatic nitrogens is 1. The fraction of sp³-hybridized carbons (Fsp3) is 0.286. The van der Waals surface area contributed by atoms with E-state index in [1.165, 1.54) is 11.3 Å². The highest BCUT2D eigenvalue weighted by molar-refractivity contribution is 7.89. The molecule has 158 valence electrons. The van der Waals surface area contributed by atoms with Gasteiger partial charge in [0.05, 0.1) is 22.9 Å². The van der Waals surface area contributed by atoms with Crippen molar-refractivity contribution < 1.29 is 13.5 Å². The Kier molecular flexibility index (Phi) is 6.40. The number of rotatable bonds is 6. The molecule has 2 heterocycles. The molecule has 1 aromatic heterocycles. The van der Waals surface area contributed by atoms with Gasteiger partial charge < -0.3 is 9.67 Å². The SMILES string of the molecule is O=S(=O)(c1ccc(-c2csc(=Nc3ccc(Cl)cc3)n2CCO)cc1)N1CCCC1. The lowest BCUT2D eigenvalue weighted by atomic mass is 10.2. The van der Waals surface area contributed by atoms with Crippen LogP contribution in [0.5, 0.6) is 0 Å². The summed E-state index contributed by atoms with van der Waals surface area (Å²) in [5.74, 6) is 0. The second-order valence-corrected chi connectivity index (χ2v) is 10.2. The van der Waals surface area contributed by atoms with Gasteiger partial charge in [-0.25, -0.2) is 13.4 Å². The van der Waals surface area contributed by atoms with Crippen LogP contribution >= 0.6 is 22.9 Å². The summed E-state index contributed by atoms with van der Waals surface area (Å²) in [5, 5.41) is 12.2. The Balaban J connectivity index is 1.68. The smallest absolute Gasteiger partial charge is 0.243 e. The topological polar surface area (TPSA) is 74.9 Å². The van der Waals surface area contributed by atoms with Gasteiger partial charge in [0.15, 0.2) is 4.80 Å². The normalized spacial score (nSPS) is 15.7. The molecule has 0 amide bonds. The van der Waals surface area contributed by atoms with E-state index in [0.717, 1.165) is 34.6 Å². The van der Waals surface area contributed by atoms with Crippen molar-refractivity contribution in [2.24, 2.45) is 4.99 Å². The molecular formula is C21H22ClN3O3S2. The molecule has 0 radical (unpaired) electrons. The highest BCUT2D eigenvalue weighted by Crippen LogP contribution is 2.26. The van der Waals surface area contributed by atoms with Gasteiger partial charge in [-0.1, -0.05) is 23.7 Å². The molecule has 30 heavy (non-hydrogen) atoms. The number of benzene rings is 2. The fourth-order valence-electron chi connectivity index (χ4n) is 3.47. The first-order chi connectivity index (χ1) is 14.5. The van der Waals surface area contributed by atoms with Gasteiger partial charge in [-0.2, -0.15) is 4.31 Å². The standard InChI is InChI=1S/C21H22ClN3O3S2/c22-17-5-7-18(8-6-17)23-21-25(13-14-26)20(15-29-21)16-3-9-19(10-4-16)30(27,28)24-11-1-2-12-24/h3-10,15,26H,1-2,11-14H2. The lowest BCUT2D eigenvalue weighted by Gasteiger charge is -2.15. The third kappa shape index (κ3) is 4.38. The molecule has 0 saturated carbocycles. The molecule has 3 aromatic rings. The molecule has 9 heteroatoms. The van der Waals surface area contributed by atoms with E-state index in [9.17, 15) is 13.5 Å². The van der Waals surface area contributed by atoms with Crippen LogP contribution in [0, 0.1) is 0 Å². The molecule has 0 unspecified atom stereocenters. The molecule has 6 nitrogen and oxygen atoms in total. The van der Waals surface area contributed by atoms with Gasteiger partial charge in [0.2, 0.25) is 10.0 Å². The Morgan fingerprint density at radius 3 is 2.33 bits per heavy atom. The van der Waals surface area contributed by atoms with Crippen molar-refractivity contribution in [3.05, 3.63) is 63.7 Å². The van der Waals surface area contributed by atoms with E-state index < -0.39 is 10.0 Å². The summed E-state index contributed by atoms with van der Waals surface area (Å²) in [6.07, 6.45) is 1.82. The van der Waals surface area contributed by atoms with Gasteiger partial charge in [-0.15, -0.1) is 11.3 Å². The molecule has 1 aliphatic heterocycles. The largest absolute Gasteiger partial charge is 0.395 e. The molecule has 0 atom stereocenters. The predicted octanol–water partition coefficient (Wildman–Crippen LogP) is 3.88. The molecule has 1 saturated heterocycles. The van der Waals surface area contributed by atoms with Crippen molar-refractivity contribution in [2.75, 3.05) is 19.7 Å². The third-order valence-corrected chi connectivity index (χ3v) is 8.05. The van der Waals surface area contributed by atoms with Crippen molar-refractivity contribution in [2.45, 2.75) is 24.3 Å². The van der Waals surface area contributed by atoms with Crippen molar-refractivity contribution in [3.63, 3.8) is 0 Å². The minimum absolute atomic E-state index is 0.0288. The minimum atomic E-state index is -3.44. The van der Waals surface area contributed by atoms with E-state index in [0.29, 0.717) is 29.6 Å². The molecule has 0 bridgehead atoms. The van der Waals surface area contributed by atoms with Crippen molar-refractivity contribution >= 4 is 38.6 Å². The first-order valence-electron chi connectivity index (χ1n) is 9.69. The average Bonchev–Trinajstić information content (AvgIpc) is 3.42. The van der Waals surface area contributed by atoms with Crippen molar-refractivity contribution in [3.8, 4) is 11.3 Å². The summed E-state index contributed by atoms with van der Waals surface area (Å²) < 4.78 is 29.0. The zero-order valence-electron chi connectivity index (χ0n) is 16.2. The molecule has 1 aliphatic rings. The lowest BCUT2D eigenvalue weighted by molar-refractivity contribution is 0.275. The van der Waals surface area contributed by atoms with Crippen LogP contribution in [0.2, 0.25) is 5.02 Å². The highest BCUT2D eigenvalue weighted by atomic mass is 35.5. The Morgan fingerprint density at radius 1 is 1.03 bits per heavy atom. The van der Waals surface area contributed by atoms with Gasteiger partial charge in [0.25, 0.3) is 0 Å². The minimum Gasteiger partial charge on any atom is -0.395 e. The average molecular weight is 464 g/mol. The summed E-state index contributed by atoms with van der Waals surface area (Å²) in [7, 11) is -3.44. The van der Waals surface area contributed by atoms with Crippen LogP contribution < -0.4 is 4.80 Å². The van der Waals surface area contributed by atoms with Gasteiger partial charge in [-0.05, 0) is 54.8 Å².